The second kappa shape index (κ2) is 4.38. The number of hydrogen-bond donors (Lipinski definition) is 0. The molecule has 0 aliphatic heterocycles. The average molecular weight is 165 g/mol. The van der Waals surface area contributed by atoms with Crippen LogP contribution in [-0.2, 0) is 0 Å². The molecule has 4 heteroatoms. The molecule has 0 unspecified atom stereocenters. The summed E-state index contributed by atoms with van der Waals surface area (Å²) in [5, 5.41) is 0. The van der Waals surface area contributed by atoms with Crippen LogP contribution in [0.4, 0.5) is 0 Å². The summed E-state index contributed by atoms with van der Waals surface area (Å²) in [5.41, 5.74) is 0. The van der Waals surface area contributed by atoms with Gasteiger partial charge in [-0.05, 0) is 10.7 Å². The first-order chi connectivity index (χ1) is 2.77. The maximum atomic E-state index is 5.24. The van der Waals surface area contributed by atoms with Gasteiger partial charge in [-0.25, -0.2) is 0 Å². The van der Waals surface area contributed by atoms with Crippen LogP contribution < -0.4 is 0 Å². The van der Waals surface area contributed by atoms with E-state index >= 15 is 0 Å². The van der Waals surface area contributed by atoms with Crippen LogP contribution in [-0.4, -0.2) is 10.6 Å². The predicted molar refractivity (Wildman–Crippen MR) is 33.8 cm³/mol. The van der Waals surface area contributed by atoms with Crippen LogP contribution >= 0.6 is 44.9 Å². The molecule has 0 aromatic rings. The first kappa shape index (κ1) is 7.22. The molecule has 0 amide bonds. The van der Waals surface area contributed by atoms with Gasteiger partial charge >= 0.3 is 0 Å². The molecule has 0 rings (SSSR count). The lowest BCUT2D eigenvalue weighted by molar-refractivity contribution is 1.42. The van der Waals surface area contributed by atoms with Gasteiger partial charge in [-0.3, -0.25) is 0 Å². The molecule has 0 aliphatic carbocycles. The first-order valence-electron chi connectivity index (χ1n) is 1.29. The van der Waals surface area contributed by atoms with Gasteiger partial charge in [0.25, 0.3) is 0 Å². The smallest absolute Gasteiger partial charge is 0.104 e. The Morgan fingerprint density at radius 2 is 2.00 bits per heavy atom. The van der Waals surface area contributed by atoms with Crippen molar-refractivity contribution in [3.05, 3.63) is 0 Å². The largest absolute Gasteiger partial charge is 0.118 e. The van der Waals surface area contributed by atoms with Crippen molar-refractivity contribution >= 4 is 44.9 Å². The summed E-state index contributed by atoms with van der Waals surface area (Å²) in [7, 11) is 6.26. The summed E-state index contributed by atoms with van der Waals surface area (Å²) in [6.07, 6.45) is 0. The summed E-state index contributed by atoms with van der Waals surface area (Å²) in [6.45, 7) is 0. The van der Waals surface area contributed by atoms with Crippen molar-refractivity contribution in [2.24, 2.45) is 0 Å². The Balaban J connectivity index is 2.63. The van der Waals surface area contributed by atoms with Crippen molar-refractivity contribution in [1.82, 2.24) is 0 Å². The molecule has 0 spiro atoms. The lowest BCUT2D eigenvalue weighted by Crippen LogP contribution is -1.85. The van der Waals surface area contributed by atoms with Crippen LogP contribution in [0, 0.1) is 0 Å². The van der Waals surface area contributed by atoms with Crippen LogP contribution in [0.2, 0.25) is 0 Å². The third kappa shape index (κ3) is 5.22. The van der Waals surface area contributed by atoms with Crippen molar-refractivity contribution < 1.29 is 0 Å². The first-order valence-corrected chi connectivity index (χ1v) is 3.97. The molecular weight excluding hydrogens is 162 g/mol. The lowest BCUT2D eigenvalue weighted by Gasteiger charge is -1.88. The third-order valence-electron chi connectivity index (χ3n) is 0.189. The van der Waals surface area contributed by atoms with E-state index in [0.29, 0.717) is 5.75 Å². The standard InChI is InChI=1S/C2H3Cl3S/c3-2(4)1-6-5/h2H,1H2. The molecule has 0 N–H and O–H groups in total. The van der Waals surface area contributed by atoms with E-state index in [1.165, 1.54) is 0 Å². The van der Waals surface area contributed by atoms with Gasteiger partial charge in [0.15, 0.2) is 0 Å². The summed E-state index contributed by atoms with van der Waals surface area (Å²) in [4.78, 5) is -0.326. The zero-order valence-electron chi connectivity index (χ0n) is 2.83. The quantitative estimate of drug-likeness (QED) is 0.567. The van der Waals surface area contributed by atoms with Gasteiger partial charge in [-0.2, -0.15) is 0 Å². The summed E-state index contributed by atoms with van der Waals surface area (Å²) in [6, 6.07) is 0. The molecule has 0 saturated carbocycles. The molecule has 0 bridgehead atoms. The molecule has 0 fully saturated rings. The van der Waals surface area contributed by atoms with Gasteiger partial charge in [0, 0.05) is 5.75 Å². The maximum absolute atomic E-state index is 5.24. The molecule has 0 aromatic carbocycles. The normalized spacial score (nSPS) is 10.0. The SMILES string of the molecule is ClSCC(Cl)Cl. The average Bonchev–Trinajstić information content (AvgIpc) is 1.35. The number of alkyl halides is 2. The summed E-state index contributed by atoms with van der Waals surface area (Å²) >= 11 is 10.5. The van der Waals surface area contributed by atoms with Gasteiger partial charge in [0.2, 0.25) is 0 Å². The molecule has 0 saturated heterocycles. The minimum absolute atomic E-state index is 0.326. The molecular formula is C2H3Cl3S. The van der Waals surface area contributed by atoms with Gasteiger partial charge in [0.05, 0.1) is 0 Å². The van der Waals surface area contributed by atoms with E-state index < -0.39 is 0 Å². The number of rotatable bonds is 2. The highest BCUT2D eigenvalue weighted by Gasteiger charge is 1.93. The molecule has 6 heavy (non-hydrogen) atoms. The lowest BCUT2D eigenvalue weighted by atomic mass is 10.9. The van der Waals surface area contributed by atoms with E-state index in [0.717, 1.165) is 11.0 Å². The fourth-order valence-electron chi connectivity index (χ4n) is 0.0476. The molecule has 0 aliphatic rings. The van der Waals surface area contributed by atoms with E-state index in [1.807, 2.05) is 0 Å². The van der Waals surface area contributed by atoms with Crippen LogP contribution in [0.15, 0.2) is 0 Å². The van der Waals surface area contributed by atoms with E-state index in [2.05, 4.69) is 0 Å². The monoisotopic (exact) mass is 164 g/mol. The molecule has 0 atom stereocenters. The van der Waals surface area contributed by atoms with Crippen LogP contribution in [0.5, 0.6) is 0 Å². The highest BCUT2D eigenvalue weighted by atomic mass is 35.7. The van der Waals surface area contributed by atoms with Crippen LogP contribution in [0.3, 0.4) is 0 Å². The van der Waals surface area contributed by atoms with E-state index in [-0.39, 0.29) is 4.84 Å². The Kier molecular flexibility index (Phi) is 5.27. The van der Waals surface area contributed by atoms with Crippen molar-refractivity contribution in [1.29, 1.82) is 0 Å². The van der Waals surface area contributed by atoms with Crippen molar-refractivity contribution in [2.75, 3.05) is 5.75 Å². The topological polar surface area (TPSA) is 0 Å². The minimum atomic E-state index is -0.326. The van der Waals surface area contributed by atoms with E-state index in [1.54, 1.807) is 0 Å². The Morgan fingerprint density at radius 3 is 2.00 bits per heavy atom. The fourth-order valence-corrected chi connectivity index (χ4v) is 1.29. The predicted octanol–water partition coefficient (Wildman–Crippen LogP) is 2.68. The second-order valence-electron chi connectivity index (χ2n) is 0.667. The van der Waals surface area contributed by atoms with E-state index in [9.17, 15) is 0 Å². The minimum Gasteiger partial charge on any atom is -0.104 e. The Bertz CT molecular complexity index is 30.0. The fraction of sp³-hybridized carbons (Fsp3) is 1.00. The second-order valence-corrected chi connectivity index (χ2v) is 3.15. The van der Waals surface area contributed by atoms with Crippen LogP contribution in [0.1, 0.15) is 0 Å². The number of hydrogen-bond acceptors (Lipinski definition) is 1. The van der Waals surface area contributed by atoms with Crippen molar-refractivity contribution in [3.8, 4) is 0 Å². The summed E-state index contributed by atoms with van der Waals surface area (Å²) in [5.74, 6) is 0.588. The maximum Gasteiger partial charge on any atom is 0.118 e. The zero-order valence-corrected chi connectivity index (χ0v) is 5.91. The third-order valence-corrected chi connectivity index (χ3v) is 1.70. The Morgan fingerprint density at radius 1 is 1.50 bits per heavy atom. The van der Waals surface area contributed by atoms with Crippen molar-refractivity contribution in [2.45, 2.75) is 4.84 Å². The Hall–Kier alpha value is 1.22. The molecule has 0 radical (unpaired) electrons. The van der Waals surface area contributed by atoms with Crippen LogP contribution in [0.25, 0.3) is 0 Å². The van der Waals surface area contributed by atoms with Gasteiger partial charge in [0.1, 0.15) is 4.84 Å². The highest BCUT2D eigenvalue weighted by Crippen LogP contribution is 2.13. The molecule has 0 aromatic heterocycles. The molecule has 0 nitrogen and oxygen atoms in total. The zero-order chi connectivity index (χ0) is 4.99. The number of halogens is 3. The summed E-state index contributed by atoms with van der Waals surface area (Å²) < 4.78 is 0. The highest BCUT2D eigenvalue weighted by molar-refractivity contribution is 8.21. The van der Waals surface area contributed by atoms with Gasteiger partial charge in [-0.15, -0.1) is 23.2 Å². The van der Waals surface area contributed by atoms with Crippen molar-refractivity contribution in [3.63, 3.8) is 0 Å². The Labute approximate surface area is 55.6 Å². The van der Waals surface area contributed by atoms with Gasteiger partial charge in [-0.1, -0.05) is 11.0 Å². The van der Waals surface area contributed by atoms with Gasteiger partial charge < -0.3 is 0 Å². The molecule has 38 valence electrons. The van der Waals surface area contributed by atoms with E-state index in [4.69, 9.17) is 33.9 Å². The molecule has 0 heterocycles.